The Morgan fingerprint density at radius 3 is 2.37 bits per heavy atom. The van der Waals surface area contributed by atoms with Gasteiger partial charge in [-0.3, -0.25) is 4.79 Å². The second-order valence-electron chi connectivity index (χ2n) is 5.21. The summed E-state index contributed by atoms with van der Waals surface area (Å²) in [5.74, 6) is 0.0771. The summed E-state index contributed by atoms with van der Waals surface area (Å²) in [7, 11) is 0. The monoisotopic (exact) mass is 264 g/mol. The number of carbonyl (C=O) groups excluding carboxylic acids is 1. The Morgan fingerprint density at radius 2 is 1.89 bits per heavy atom. The molecule has 1 aromatic rings. The highest BCUT2D eigenvalue weighted by Gasteiger charge is 2.32. The molecule has 0 fully saturated rings. The van der Waals surface area contributed by atoms with E-state index in [1.54, 1.807) is 4.90 Å². The Balaban J connectivity index is 2.90. The van der Waals surface area contributed by atoms with Gasteiger partial charge in [-0.05, 0) is 44.9 Å². The van der Waals surface area contributed by atoms with Crippen LogP contribution in [0, 0.1) is 0 Å². The number of nitrogens with zero attached hydrogens (tertiary/aromatic N) is 1. The number of rotatable bonds is 6. The lowest BCUT2D eigenvalue weighted by Crippen LogP contribution is -2.44. The minimum Gasteiger partial charge on any atom is -0.399 e. The van der Waals surface area contributed by atoms with Crippen LogP contribution in [0.5, 0.6) is 0 Å². The van der Waals surface area contributed by atoms with Crippen LogP contribution in [0.4, 0.5) is 5.69 Å². The van der Waals surface area contributed by atoms with Gasteiger partial charge in [0.05, 0.1) is 5.41 Å². The average Bonchev–Trinajstić information content (AvgIpc) is 2.39. The molecule has 0 heterocycles. The third-order valence-electron chi connectivity index (χ3n) is 3.42. The first kappa shape index (κ1) is 15.5. The molecule has 4 nitrogen and oxygen atoms in total. The van der Waals surface area contributed by atoms with Crippen molar-refractivity contribution in [1.29, 1.82) is 0 Å². The number of hydrogen-bond acceptors (Lipinski definition) is 3. The molecule has 0 saturated carbocycles. The van der Waals surface area contributed by atoms with Crippen molar-refractivity contribution in [3.63, 3.8) is 0 Å². The van der Waals surface area contributed by atoms with Crippen LogP contribution in [0.1, 0.15) is 32.8 Å². The van der Waals surface area contributed by atoms with E-state index >= 15 is 0 Å². The molecule has 0 spiro atoms. The van der Waals surface area contributed by atoms with Crippen LogP contribution in [-0.4, -0.2) is 35.6 Å². The molecule has 19 heavy (non-hydrogen) atoms. The molecule has 1 aromatic carbocycles. The quantitative estimate of drug-likeness (QED) is 0.770. The first-order valence-corrected chi connectivity index (χ1v) is 6.69. The van der Waals surface area contributed by atoms with Crippen LogP contribution in [0.3, 0.4) is 0 Å². The van der Waals surface area contributed by atoms with Crippen LogP contribution < -0.4 is 5.73 Å². The molecule has 106 valence electrons. The van der Waals surface area contributed by atoms with Crippen LogP contribution in [0.25, 0.3) is 0 Å². The Bertz CT molecular complexity index is 413. The summed E-state index contributed by atoms with van der Waals surface area (Å²) in [5.41, 5.74) is 6.74. The van der Waals surface area contributed by atoms with Crippen LogP contribution in [-0.2, 0) is 10.2 Å². The predicted molar refractivity (Wildman–Crippen MR) is 77.8 cm³/mol. The van der Waals surface area contributed by atoms with E-state index in [1.165, 1.54) is 0 Å². The number of amides is 1. The van der Waals surface area contributed by atoms with Gasteiger partial charge in [0, 0.05) is 25.4 Å². The molecular formula is C15H24N2O2. The number of nitrogen functional groups attached to an aromatic ring is 1. The molecule has 0 radical (unpaired) electrons. The van der Waals surface area contributed by atoms with Crippen molar-refractivity contribution in [2.75, 3.05) is 25.4 Å². The number of anilines is 1. The largest absolute Gasteiger partial charge is 0.399 e. The number of hydrogen-bond donors (Lipinski definition) is 2. The lowest BCUT2D eigenvalue weighted by atomic mass is 9.83. The van der Waals surface area contributed by atoms with Gasteiger partial charge >= 0.3 is 0 Å². The molecular weight excluding hydrogens is 240 g/mol. The van der Waals surface area contributed by atoms with Crippen molar-refractivity contribution in [1.82, 2.24) is 4.90 Å². The molecule has 4 heteroatoms. The van der Waals surface area contributed by atoms with Crippen LogP contribution in [0.2, 0.25) is 0 Å². The summed E-state index contributed by atoms with van der Waals surface area (Å²) >= 11 is 0. The van der Waals surface area contributed by atoms with E-state index in [4.69, 9.17) is 10.8 Å². The summed E-state index contributed by atoms with van der Waals surface area (Å²) < 4.78 is 0. The standard InChI is InChI=1S/C15H24N2O2/c1-4-17(10-5-11-18)14(19)15(2,3)12-6-8-13(16)9-7-12/h6-9,18H,4-5,10-11,16H2,1-3H3. The zero-order chi connectivity index (χ0) is 14.5. The van der Waals surface area contributed by atoms with Gasteiger partial charge in [0.1, 0.15) is 0 Å². The maximum absolute atomic E-state index is 12.6. The van der Waals surface area contributed by atoms with E-state index in [2.05, 4.69) is 0 Å². The first-order chi connectivity index (χ1) is 8.93. The molecule has 0 bridgehead atoms. The van der Waals surface area contributed by atoms with Crippen LogP contribution >= 0.6 is 0 Å². The van der Waals surface area contributed by atoms with E-state index in [0.29, 0.717) is 25.2 Å². The molecule has 3 N–H and O–H groups in total. The fraction of sp³-hybridized carbons (Fsp3) is 0.533. The van der Waals surface area contributed by atoms with E-state index in [1.807, 2.05) is 45.0 Å². The van der Waals surface area contributed by atoms with Crippen molar-refractivity contribution in [3.05, 3.63) is 29.8 Å². The third-order valence-corrected chi connectivity index (χ3v) is 3.42. The van der Waals surface area contributed by atoms with Gasteiger partial charge in [-0.25, -0.2) is 0 Å². The lowest BCUT2D eigenvalue weighted by Gasteiger charge is -2.31. The summed E-state index contributed by atoms with van der Waals surface area (Å²) in [6.07, 6.45) is 0.609. The van der Waals surface area contributed by atoms with Crippen molar-refractivity contribution >= 4 is 11.6 Å². The molecule has 1 rings (SSSR count). The van der Waals surface area contributed by atoms with Crippen LogP contribution in [0.15, 0.2) is 24.3 Å². The zero-order valence-electron chi connectivity index (χ0n) is 12.0. The predicted octanol–water partition coefficient (Wildman–Crippen LogP) is 1.78. The van der Waals surface area contributed by atoms with Gasteiger partial charge in [0.2, 0.25) is 5.91 Å². The van der Waals surface area contributed by atoms with Gasteiger partial charge in [-0.15, -0.1) is 0 Å². The summed E-state index contributed by atoms with van der Waals surface area (Å²) in [4.78, 5) is 14.4. The first-order valence-electron chi connectivity index (χ1n) is 6.69. The van der Waals surface area contributed by atoms with E-state index in [0.717, 1.165) is 5.56 Å². The van der Waals surface area contributed by atoms with Crippen molar-refractivity contribution in [2.45, 2.75) is 32.6 Å². The van der Waals surface area contributed by atoms with E-state index in [9.17, 15) is 4.79 Å². The molecule has 0 aliphatic carbocycles. The van der Waals surface area contributed by atoms with Crippen molar-refractivity contribution < 1.29 is 9.90 Å². The highest BCUT2D eigenvalue weighted by Crippen LogP contribution is 2.26. The van der Waals surface area contributed by atoms with E-state index in [-0.39, 0.29) is 12.5 Å². The van der Waals surface area contributed by atoms with E-state index < -0.39 is 5.41 Å². The summed E-state index contributed by atoms with van der Waals surface area (Å²) in [6.45, 7) is 7.13. The number of aliphatic hydroxyl groups is 1. The fourth-order valence-corrected chi connectivity index (χ4v) is 2.08. The molecule has 0 saturated heterocycles. The SMILES string of the molecule is CCN(CCCO)C(=O)C(C)(C)c1ccc(N)cc1. The Kier molecular flexibility index (Phi) is 5.36. The number of carbonyl (C=O) groups is 1. The normalized spacial score (nSPS) is 11.4. The smallest absolute Gasteiger partial charge is 0.232 e. The number of nitrogens with two attached hydrogens (primary N) is 1. The summed E-state index contributed by atoms with van der Waals surface area (Å²) in [6, 6.07) is 7.42. The maximum Gasteiger partial charge on any atom is 0.232 e. The molecule has 0 unspecified atom stereocenters. The molecule has 0 aliphatic rings. The Morgan fingerprint density at radius 1 is 1.32 bits per heavy atom. The third kappa shape index (κ3) is 3.70. The lowest BCUT2D eigenvalue weighted by molar-refractivity contribution is -0.136. The molecule has 0 aromatic heterocycles. The number of aliphatic hydroxyl groups excluding tert-OH is 1. The highest BCUT2D eigenvalue weighted by molar-refractivity contribution is 5.87. The van der Waals surface area contributed by atoms with Crippen molar-refractivity contribution in [2.24, 2.45) is 0 Å². The topological polar surface area (TPSA) is 66.6 Å². The fourth-order valence-electron chi connectivity index (χ4n) is 2.08. The van der Waals surface area contributed by atoms with Gasteiger partial charge in [0.15, 0.2) is 0 Å². The zero-order valence-corrected chi connectivity index (χ0v) is 12.0. The summed E-state index contributed by atoms with van der Waals surface area (Å²) in [5, 5.41) is 8.89. The minimum absolute atomic E-state index is 0.0771. The average molecular weight is 264 g/mol. The Labute approximate surface area is 115 Å². The number of likely N-dealkylation sites (N-methyl/N-ethyl adjacent to an activating group) is 1. The molecule has 0 atom stereocenters. The maximum atomic E-state index is 12.6. The molecule has 0 aliphatic heterocycles. The molecule has 1 amide bonds. The second kappa shape index (κ2) is 6.57. The second-order valence-corrected chi connectivity index (χ2v) is 5.21. The van der Waals surface area contributed by atoms with Gasteiger partial charge in [-0.2, -0.15) is 0 Å². The minimum atomic E-state index is -0.584. The van der Waals surface area contributed by atoms with Gasteiger partial charge in [0.25, 0.3) is 0 Å². The van der Waals surface area contributed by atoms with Gasteiger partial charge < -0.3 is 15.7 Å². The Hall–Kier alpha value is -1.55. The van der Waals surface area contributed by atoms with Gasteiger partial charge in [-0.1, -0.05) is 12.1 Å². The number of benzene rings is 1. The highest BCUT2D eigenvalue weighted by atomic mass is 16.3. The van der Waals surface area contributed by atoms with Crippen molar-refractivity contribution in [3.8, 4) is 0 Å².